The average Bonchev–Trinajstić information content (AvgIpc) is 2.63. The van der Waals surface area contributed by atoms with E-state index in [1.54, 1.807) is 6.21 Å². The largest absolute Gasteiger partial charge is 0.373 e. The van der Waals surface area contributed by atoms with Gasteiger partial charge < -0.3 is 5.32 Å². The van der Waals surface area contributed by atoms with Gasteiger partial charge >= 0.3 is 0 Å². The summed E-state index contributed by atoms with van der Waals surface area (Å²) in [5.41, 5.74) is 4.41. The van der Waals surface area contributed by atoms with Gasteiger partial charge in [-0.05, 0) is 36.1 Å². The monoisotopic (exact) mass is 395 g/mol. The summed E-state index contributed by atoms with van der Waals surface area (Å²) in [6.07, 6.45) is 1.62. The predicted molar refractivity (Wildman–Crippen MR) is 107 cm³/mol. The highest BCUT2D eigenvalue weighted by atomic mass is 79.9. The van der Waals surface area contributed by atoms with Crippen molar-refractivity contribution in [1.82, 2.24) is 5.43 Å². The Kier molecular flexibility index (Phi) is 5.46. The number of halogens is 1. The van der Waals surface area contributed by atoms with Crippen LogP contribution in [0, 0.1) is 0 Å². The Morgan fingerprint density at radius 3 is 2.56 bits per heavy atom. The summed E-state index contributed by atoms with van der Waals surface area (Å²) in [6.45, 7) is 1.81. The zero-order chi connectivity index (χ0) is 17.6. The standard InChI is InChI=1S/C20H18BrN3O/c1-14(20(25)24-22-13-15-9-11-17(21)12-10-15)23-19-8-4-6-16-5-2-3-7-18(16)19/h2-14,23H,1H3,(H,24,25). The number of fused-ring (bicyclic) bond motifs is 1. The van der Waals surface area contributed by atoms with Gasteiger partial charge in [-0.3, -0.25) is 4.79 Å². The maximum Gasteiger partial charge on any atom is 0.262 e. The molecule has 3 aromatic rings. The van der Waals surface area contributed by atoms with Crippen molar-refractivity contribution in [1.29, 1.82) is 0 Å². The van der Waals surface area contributed by atoms with Gasteiger partial charge in [0.2, 0.25) is 0 Å². The molecule has 0 radical (unpaired) electrons. The van der Waals surface area contributed by atoms with E-state index in [2.05, 4.69) is 31.8 Å². The molecule has 0 spiro atoms. The smallest absolute Gasteiger partial charge is 0.262 e. The predicted octanol–water partition coefficient (Wildman–Crippen LogP) is 4.55. The van der Waals surface area contributed by atoms with E-state index < -0.39 is 6.04 Å². The highest BCUT2D eigenvalue weighted by molar-refractivity contribution is 9.10. The van der Waals surface area contributed by atoms with Gasteiger partial charge in [-0.2, -0.15) is 5.10 Å². The summed E-state index contributed by atoms with van der Waals surface area (Å²) in [4.78, 5) is 12.2. The molecule has 0 saturated heterocycles. The summed E-state index contributed by atoms with van der Waals surface area (Å²) < 4.78 is 1.00. The Bertz CT molecular complexity index is 901. The molecule has 0 aromatic heterocycles. The molecule has 0 fully saturated rings. The lowest BCUT2D eigenvalue weighted by Gasteiger charge is -2.15. The molecule has 1 unspecified atom stereocenters. The number of anilines is 1. The topological polar surface area (TPSA) is 53.5 Å². The second-order valence-electron chi connectivity index (χ2n) is 5.68. The number of nitrogens with one attached hydrogen (secondary N) is 2. The Labute approximate surface area is 155 Å². The maximum atomic E-state index is 12.2. The maximum absolute atomic E-state index is 12.2. The molecular formula is C20H18BrN3O. The molecule has 1 amide bonds. The van der Waals surface area contributed by atoms with Gasteiger partial charge in [-0.25, -0.2) is 5.43 Å². The van der Waals surface area contributed by atoms with Crippen LogP contribution in [0.15, 0.2) is 76.3 Å². The van der Waals surface area contributed by atoms with Crippen LogP contribution in [-0.2, 0) is 4.79 Å². The van der Waals surface area contributed by atoms with E-state index in [0.29, 0.717) is 0 Å². The van der Waals surface area contributed by atoms with Crippen molar-refractivity contribution in [2.24, 2.45) is 5.10 Å². The minimum Gasteiger partial charge on any atom is -0.373 e. The van der Waals surface area contributed by atoms with Crippen molar-refractivity contribution < 1.29 is 4.79 Å². The number of rotatable bonds is 5. The molecule has 2 N–H and O–H groups in total. The van der Waals surface area contributed by atoms with E-state index in [1.807, 2.05) is 73.7 Å². The van der Waals surface area contributed by atoms with Gasteiger partial charge in [-0.15, -0.1) is 0 Å². The third kappa shape index (κ3) is 4.45. The van der Waals surface area contributed by atoms with Crippen LogP contribution in [0.25, 0.3) is 10.8 Å². The van der Waals surface area contributed by atoms with E-state index >= 15 is 0 Å². The van der Waals surface area contributed by atoms with E-state index in [4.69, 9.17) is 0 Å². The van der Waals surface area contributed by atoms with Crippen LogP contribution >= 0.6 is 15.9 Å². The number of amides is 1. The van der Waals surface area contributed by atoms with E-state index in [-0.39, 0.29) is 5.91 Å². The molecule has 0 aliphatic heterocycles. The first-order valence-corrected chi connectivity index (χ1v) is 8.75. The van der Waals surface area contributed by atoms with E-state index in [1.165, 1.54) is 0 Å². The van der Waals surface area contributed by atoms with Crippen LogP contribution in [0.1, 0.15) is 12.5 Å². The van der Waals surface area contributed by atoms with Gasteiger partial charge in [0.15, 0.2) is 0 Å². The number of hydrogen-bond donors (Lipinski definition) is 2. The second-order valence-corrected chi connectivity index (χ2v) is 6.59. The molecular weight excluding hydrogens is 378 g/mol. The van der Waals surface area contributed by atoms with Crippen LogP contribution in [0.5, 0.6) is 0 Å². The molecule has 0 saturated carbocycles. The van der Waals surface area contributed by atoms with Gasteiger partial charge in [-0.1, -0.05) is 64.5 Å². The third-order valence-electron chi connectivity index (χ3n) is 3.81. The molecule has 4 nitrogen and oxygen atoms in total. The number of carbonyl (C=O) groups excluding carboxylic acids is 1. The summed E-state index contributed by atoms with van der Waals surface area (Å²) in [7, 11) is 0. The molecule has 0 aliphatic carbocycles. The quantitative estimate of drug-likeness (QED) is 0.491. The Morgan fingerprint density at radius 2 is 1.76 bits per heavy atom. The number of carbonyl (C=O) groups is 1. The molecule has 0 aliphatic rings. The molecule has 0 bridgehead atoms. The average molecular weight is 396 g/mol. The minimum absolute atomic E-state index is 0.193. The lowest BCUT2D eigenvalue weighted by atomic mass is 10.1. The van der Waals surface area contributed by atoms with E-state index in [9.17, 15) is 4.79 Å². The minimum atomic E-state index is -0.409. The molecule has 0 heterocycles. The van der Waals surface area contributed by atoms with Crippen LogP contribution in [-0.4, -0.2) is 18.2 Å². The van der Waals surface area contributed by atoms with E-state index in [0.717, 1.165) is 26.5 Å². The Balaban J connectivity index is 1.63. The zero-order valence-corrected chi connectivity index (χ0v) is 15.3. The summed E-state index contributed by atoms with van der Waals surface area (Å²) in [6, 6.07) is 21.3. The summed E-state index contributed by atoms with van der Waals surface area (Å²) in [5.74, 6) is -0.193. The zero-order valence-electron chi connectivity index (χ0n) is 13.7. The molecule has 1 atom stereocenters. The molecule has 3 rings (SSSR count). The van der Waals surface area contributed by atoms with Crippen molar-refractivity contribution in [3.05, 3.63) is 76.8 Å². The normalized spacial score (nSPS) is 12.2. The highest BCUT2D eigenvalue weighted by Gasteiger charge is 2.12. The SMILES string of the molecule is CC(Nc1cccc2ccccc12)C(=O)NN=Cc1ccc(Br)cc1. The van der Waals surface area contributed by atoms with Crippen molar-refractivity contribution in [2.45, 2.75) is 13.0 Å². The van der Waals surface area contributed by atoms with Crippen LogP contribution in [0.4, 0.5) is 5.69 Å². The lowest BCUT2D eigenvalue weighted by molar-refractivity contribution is -0.121. The number of benzene rings is 3. The van der Waals surface area contributed by atoms with Gasteiger partial charge in [0.05, 0.1) is 6.21 Å². The molecule has 126 valence electrons. The fraction of sp³-hybridized carbons (Fsp3) is 0.100. The second kappa shape index (κ2) is 7.94. The number of hydrogen-bond acceptors (Lipinski definition) is 3. The number of nitrogens with zero attached hydrogens (tertiary/aromatic N) is 1. The van der Waals surface area contributed by atoms with Gasteiger partial charge in [0.1, 0.15) is 6.04 Å². The first kappa shape index (κ1) is 17.2. The molecule has 25 heavy (non-hydrogen) atoms. The van der Waals surface area contributed by atoms with Crippen molar-refractivity contribution in [3.63, 3.8) is 0 Å². The van der Waals surface area contributed by atoms with Gasteiger partial charge in [0, 0.05) is 15.5 Å². The van der Waals surface area contributed by atoms with Crippen LogP contribution < -0.4 is 10.7 Å². The first-order valence-electron chi connectivity index (χ1n) is 7.96. The van der Waals surface area contributed by atoms with Crippen molar-refractivity contribution in [3.8, 4) is 0 Å². The van der Waals surface area contributed by atoms with Crippen LogP contribution in [0.2, 0.25) is 0 Å². The number of hydrazone groups is 1. The molecule has 3 aromatic carbocycles. The summed E-state index contributed by atoms with van der Waals surface area (Å²) in [5, 5.41) is 9.48. The first-order chi connectivity index (χ1) is 12.1. The fourth-order valence-corrected chi connectivity index (χ4v) is 2.73. The van der Waals surface area contributed by atoms with Crippen molar-refractivity contribution in [2.75, 3.05) is 5.32 Å². The van der Waals surface area contributed by atoms with Crippen LogP contribution in [0.3, 0.4) is 0 Å². The fourth-order valence-electron chi connectivity index (χ4n) is 2.47. The third-order valence-corrected chi connectivity index (χ3v) is 4.34. The van der Waals surface area contributed by atoms with Gasteiger partial charge in [0.25, 0.3) is 5.91 Å². The Morgan fingerprint density at radius 1 is 1.04 bits per heavy atom. The lowest BCUT2D eigenvalue weighted by Crippen LogP contribution is -2.34. The van der Waals surface area contributed by atoms with Crippen molar-refractivity contribution >= 4 is 44.5 Å². The summed E-state index contributed by atoms with van der Waals surface area (Å²) >= 11 is 3.38. The molecule has 5 heteroatoms. The highest BCUT2D eigenvalue weighted by Crippen LogP contribution is 2.23. The Hall–Kier alpha value is -2.66.